The monoisotopic (exact) mass is 213 g/mol. The molecule has 0 aliphatic carbocycles. The average Bonchev–Trinajstić information content (AvgIpc) is 2.56. The Morgan fingerprint density at radius 1 is 1.73 bits per heavy atom. The molecular weight excluding hydrogens is 198 g/mol. The molecule has 84 valence electrons. The lowest BCUT2D eigenvalue weighted by molar-refractivity contribution is -0.388. The van der Waals surface area contributed by atoms with Crippen LogP contribution in [0.25, 0.3) is 0 Å². The third-order valence-electron chi connectivity index (χ3n) is 2.12. The first-order valence-corrected chi connectivity index (χ1v) is 4.59. The summed E-state index contributed by atoms with van der Waals surface area (Å²) >= 11 is 0. The van der Waals surface area contributed by atoms with Crippen LogP contribution in [0.3, 0.4) is 0 Å². The zero-order valence-electron chi connectivity index (χ0n) is 9.10. The molecule has 0 bridgehead atoms. The van der Waals surface area contributed by atoms with Crippen LogP contribution in [-0.4, -0.2) is 41.7 Å². The number of rotatable bonds is 5. The van der Waals surface area contributed by atoms with Gasteiger partial charge in [0.2, 0.25) is 12.1 Å². The van der Waals surface area contributed by atoms with E-state index in [0.717, 1.165) is 6.54 Å². The van der Waals surface area contributed by atoms with Crippen molar-refractivity contribution in [2.45, 2.75) is 0 Å². The van der Waals surface area contributed by atoms with Crippen LogP contribution in [0.2, 0.25) is 0 Å². The minimum Gasteiger partial charge on any atom is -0.358 e. The molecule has 15 heavy (non-hydrogen) atoms. The number of hydrogen-bond donors (Lipinski definition) is 1. The van der Waals surface area contributed by atoms with Crippen LogP contribution in [0, 0.1) is 10.1 Å². The highest BCUT2D eigenvalue weighted by molar-refractivity contribution is 5.53. The molecule has 0 aliphatic rings. The number of imidazole rings is 1. The molecule has 1 N–H and O–H groups in total. The number of aryl methyl sites for hydroxylation is 1. The van der Waals surface area contributed by atoms with Gasteiger partial charge in [-0.25, -0.2) is 0 Å². The highest BCUT2D eigenvalue weighted by Crippen LogP contribution is 2.24. The Kier molecular flexibility index (Phi) is 3.62. The highest BCUT2D eigenvalue weighted by Gasteiger charge is 2.22. The number of nitro groups is 1. The van der Waals surface area contributed by atoms with Crippen LogP contribution in [0.4, 0.5) is 11.6 Å². The molecule has 0 aliphatic heterocycles. The van der Waals surface area contributed by atoms with E-state index in [0.29, 0.717) is 12.4 Å². The lowest BCUT2D eigenvalue weighted by Gasteiger charge is -2.17. The highest BCUT2D eigenvalue weighted by atomic mass is 16.6. The van der Waals surface area contributed by atoms with Crippen LogP contribution < -0.4 is 10.2 Å². The minimum atomic E-state index is -0.467. The molecule has 0 unspecified atom stereocenters. The first kappa shape index (κ1) is 11.4. The number of hydrogen-bond acceptors (Lipinski definition) is 5. The summed E-state index contributed by atoms with van der Waals surface area (Å²) in [5.74, 6) is 0.423. The van der Waals surface area contributed by atoms with Gasteiger partial charge in [0, 0.05) is 27.2 Å². The molecule has 1 aromatic rings. The Hall–Kier alpha value is -1.63. The summed E-state index contributed by atoms with van der Waals surface area (Å²) in [7, 11) is 5.39. The van der Waals surface area contributed by atoms with Gasteiger partial charge in [0.05, 0.1) is 0 Å². The van der Waals surface area contributed by atoms with Crippen molar-refractivity contribution in [3.8, 4) is 0 Å². The quantitative estimate of drug-likeness (QED) is 0.549. The summed E-state index contributed by atoms with van der Waals surface area (Å²) in [6, 6.07) is 0. The van der Waals surface area contributed by atoms with Gasteiger partial charge < -0.3 is 20.3 Å². The molecule has 0 saturated heterocycles. The molecule has 0 spiro atoms. The van der Waals surface area contributed by atoms with Gasteiger partial charge in [-0.3, -0.25) is 4.57 Å². The van der Waals surface area contributed by atoms with Crippen molar-refractivity contribution >= 4 is 11.6 Å². The largest absolute Gasteiger partial charge is 0.406 e. The maximum atomic E-state index is 10.7. The summed E-state index contributed by atoms with van der Waals surface area (Å²) < 4.78 is 1.65. The van der Waals surface area contributed by atoms with E-state index in [1.807, 2.05) is 11.9 Å². The normalized spacial score (nSPS) is 10.3. The molecule has 0 saturated carbocycles. The average molecular weight is 213 g/mol. The summed E-state index contributed by atoms with van der Waals surface area (Å²) in [4.78, 5) is 15.8. The smallest absolute Gasteiger partial charge is 0.358 e. The maximum absolute atomic E-state index is 10.7. The van der Waals surface area contributed by atoms with Crippen LogP contribution in [0.15, 0.2) is 6.33 Å². The molecule has 1 heterocycles. The fraction of sp³-hybridized carbons (Fsp3) is 0.625. The van der Waals surface area contributed by atoms with E-state index in [9.17, 15) is 10.1 Å². The fourth-order valence-electron chi connectivity index (χ4n) is 1.37. The minimum absolute atomic E-state index is 0.101. The van der Waals surface area contributed by atoms with Crippen molar-refractivity contribution in [3.63, 3.8) is 0 Å². The predicted molar refractivity (Wildman–Crippen MR) is 57.1 cm³/mol. The second kappa shape index (κ2) is 4.74. The van der Waals surface area contributed by atoms with Gasteiger partial charge in [0.15, 0.2) is 0 Å². The van der Waals surface area contributed by atoms with E-state index < -0.39 is 4.92 Å². The number of nitrogens with one attached hydrogen (secondary N) is 1. The van der Waals surface area contributed by atoms with Crippen molar-refractivity contribution in [1.82, 2.24) is 14.9 Å². The van der Waals surface area contributed by atoms with Crippen LogP contribution in [0.5, 0.6) is 0 Å². The van der Waals surface area contributed by atoms with Gasteiger partial charge in [-0.2, -0.15) is 0 Å². The topological polar surface area (TPSA) is 76.2 Å². The molecular formula is C8H15N5O2. The molecule has 0 amide bonds. The van der Waals surface area contributed by atoms with Gasteiger partial charge in [-0.1, -0.05) is 0 Å². The molecule has 0 radical (unpaired) electrons. The van der Waals surface area contributed by atoms with Crippen LogP contribution >= 0.6 is 0 Å². The summed E-state index contributed by atoms with van der Waals surface area (Å²) in [5.41, 5.74) is 0. The first-order chi connectivity index (χ1) is 7.07. The second-order valence-corrected chi connectivity index (χ2v) is 3.28. The predicted octanol–water partition coefficient (Wildman–Crippen LogP) is -0.0161. The SMILES string of the molecule is CNCCN(C)c1c([N+](=O)[O-])ncn1C. The summed E-state index contributed by atoms with van der Waals surface area (Å²) in [5, 5.41) is 13.7. The van der Waals surface area contributed by atoms with Crippen LogP contribution in [0.1, 0.15) is 0 Å². The van der Waals surface area contributed by atoms with Gasteiger partial charge in [-0.15, -0.1) is 0 Å². The Labute approximate surface area is 87.9 Å². The van der Waals surface area contributed by atoms with E-state index in [1.165, 1.54) is 6.33 Å². The van der Waals surface area contributed by atoms with E-state index >= 15 is 0 Å². The zero-order chi connectivity index (χ0) is 11.4. The van der Waals surface area contributed by atoms with E-state index in [-0.39, 0.29) is 5.82 Å². The summed E-state index contributed by atoms with van der Waals surface area (Å²) in [6.45, 7) is 1.45. The standard InChI is InChI=1S/C8H15N5O2/c1-9-4-5-11(2)8-7(13(14)15)10-6-12(8)3/h6,9H,4-5H2,1-3H3. The Balaban J connectivity index is 2.90. The molecule has 1 aromatic heterocycles. The molecule has 0 atom stereocenters. The number of aromatic nitrogens is 2. The van der Waals surface area contributed by atoms with Crippen molar-refractivity contribution in [1.29, 1.82) is 0 Å². The Bertz CT molecular complexity index is 349. The zero-order valence-corrected chi connectivity index (χ0v) is 9.10. The van der Waals surface area contributed by atoms with Crippen molar-refractivity contribution < 1.29 is 4.92 Å². The maximum Gasteiger partial charge on any atom is 0.406 e. The van der Waals surface area contributed by atoms with Gasteiger partial charge in [0.1, 0.15) is 0 Å². The first-order valence-electron chi connectivity index (χ1n) is 4.59. The van der Waals surface area contributed by atoms with Crippen molar-refractivity contribution in [2.75, 3.05) is 32.1 Å². The van der Waals surface area contributed by atoms with Crippen molar-refractivity contribution in [2.24, 2.45) is 7.05 Å². The van der Waals surface area contributed by atoms with Gasteiger partial charge >= 0.3 is 5.82 Å². The Morgan fingerprint density at radius 2 is 2.40 bits per heavy atom. The number of likely N-dealkylation sites (N-methyl/N-ethyl adjacent to an activating group) is 2. The third kappa shape index (κ3) is 2.44. The van der Waals surface area contributed by atoms with Gasteiger partial charge in [0.25, 0.3) is 0 Å². The van der Waals surface area contributed by atoms with Crippen molar-refractivity contribution in [3.05, 3.63) is 16.4 Å². The third-order valence-corrected chi connectivity index (χ3v) is 2.12. The molecule has 1 rings (SSSR count). The molecule has 0 aromatic carbocycles. The molecule has 0 fully saturated rings. The molecule has 7 nitrogen and oxygen atoms in total. The van der Waals surface area contributed by atoms with E-state index in [1.54, 1.807) is 18.7 Å². The lowest BCUT2D eigenvalue weighted by Crippen LogP contribution is -2.28. The van der Waals surface area contributed by atoms with E-state index in [4.69, 9.17) is 0 Å². The van der Waals surface area contributed by atoms with Crippen LogP contribution in [-0.2, 0) is 7.05 Å². The van der Waals surface area contributed by atoms with Gasteiger partial charge in [-0.05, 0) is 17.0 Å². The second-order valence-electron chi connectivity index (χ2n) is 3.28. The number of nitrogens with zero attached hydrogens (tertiary/aromatic N) is 4. The summed E-state index contributed by atoms with van der Waals surface area (Å²) in [6.07, 6.45) is 1.45. The lowest BCUT2D eigenvalue weighted by atomic mass is 10.5. The fourth-order valence-corrected chi connectivity index (χ4v) is 1.37. The van der Waals surface area contributed by atoms with E-state index in [2.05, 4.69) is 10.3 Å². The molecule has 7 heteroatoms. The number of anilines is 1. The Morgan fingerprint density at radius 3 is 2.93 bits per heavy atom.